The Morgan fingerprint density at radius 2 is 2.00 bits per heavy atom. The van der Waals surface area contributed by atoms with Gasteiger partial charge < -0.3 is 5.32 Å². The van der Waals surface area contributed by atoms with Gasteiger partial charge in [0.1, 0.15) is 0 Å². The van der Waals surface area contributed by atoms with Crippen molar-refractivity contribution in [1.82, 2.24) is 0 Å². The van der Waals surface area contributed by atoms with E-state index in [0.29, 0.717) is 6.04 Å². The monoisotopic (exact) mass is 245 g/mol. The van der Waals surface area contributed by atoms with E-state index >= 15 is 0 Å². The Labute approximate surface area is 112 Å². The first-order valence-electron chi connectivity index (χ1n) is 7.68. The van der Waals surface area contributed by atoms with Crippen LogP contribution in [0.15, 0.2) is 24.3 Å². The highest BCUT2D eigenvalue weighted by Crippen LogP contribution is 2.29. The molecule has 1 aromatic carbocycles. The average molecular weight is 245 g/mol. The lowest BCUT2D eigenvalue weighted by Crippen LogP contribution is -2.27. The Balaban J connectivity index is 1.99. The summed E-state index contributed by atoms with van der Waals surface area (Å²) in [6.07, 6.45) is 9.29. The molecule has 0 aromatic heterocycles. The number of hydrogen-bond donors (Lipinski definition) is 1. The molecule has 0 bridgehead atoms. The third-order valence-corrected chi connectivity index (χ3v) is 4.26. The minimum atomic E-state index is 0.696. The van der Waals surface area contributed by atoms with Crippen LogP contribution in [-0.2, 0) is 6.42 Å². The predicted molar refractivity (Wildman–Crippen MR) is 80.1 cm³/mol. The third-order valence-electron chi connectivity index (χ3n) is 4.26. The molecule has 2 atom stereocenters. The van der Waals surface area contributed by atoms with Crippen molar-refractivity contribution in [3.63, 3.8) is 0 Å². The van der Waals surface area contributed by atoms with Gasteiger partial charge in [-0.1, -0.05) is 57.7 Å². The topological polar surface area (TPSA) is 12.0 Å². The van der Waals surface area contributed by atoms with Crippen LogP contribution in [0, 0.1) is 5.92 Å². The second kappa shape index (κ2) is 6.82. The molecule has 2 rings (SSSR count). The minimum absolute atomic E-state index is 0.696. The number of rotatable bonds is 5. The summed E-state index contributed by atoms with van der Waals surface area (Å²) in [4.78, 5) is 0. The zero-order valence-electron chi connectivity index (χ0n) is 11.9. The van der Waals surface area contributed by atoms with Gasteiger partial charge in [0.05, 0.1) is 0 Å². The summed E-state index contributed by atoms with van der Waals surface area (Å²) in [5, 5.41) is 3.80. The molecule has 1 aromatic rings. The Morgan fingerprint density at radius 3 is 2.78 bits per heavy atom. The van der Waals surface area contributed by atoms with E-state index in [-0.39, 0.29) is 0 Å². The van der Waals surface area contributed by atoms with Crippen LogP contribution in [0.1, 0.15) is 57.9 Å². The van der Waals surface area contributed by atoms with Crippen molar-refractivity contribution >= 4 is 5.69 Å². The fraction of sp³-hybridized carbons (Fsp3) is 0.647. The van der Waals surface area contributed by atoms with E-state index < -0.39 is 0 Å². The normalized spacial score (nSPS) is 23.9. The molecule has 1 aliphatic rings. The molecular formula is C17H27N. The summed E-state index contributed by atoms with van der Waals surface area (Å²) < 4.78 is 0. The van der Waals surface area contributed by atoms with Crippen LogP contribution < -0.4 is 5.32 Å². The minimum Gasteiger partial charge on any atom is -0.382 e. The molecular weight excluding hydrogens is 218 g/mol. The van der Waals surface area contributed by atoms with Gasteiger partial charge in [-0.05, 0) is 36.8 Å². The fourth-order valence-corrected chi connectivity index (χ4v) is 3.16. The van der Waals surface area contributed by atoms with Crippen LogP contribution in [0.3, 0.4) is 0 Å². The molecule has 0 saturated heterocycles. The lowest BCUT2D eigenvalue weighted by atomic mass is 9.84. The van der Waals surface area contributed by atoms with Gasteiger partial charge in [-0.2, -0.15) is 0 Å². The summed E-state index contributed by atoms with van der Waals surface area (Å²) in [5.74, 6) is 0.939. The first-order chi connectivity index (χ1) is 8.83. The quantitative estimate of drug-likeness (QED) is 0.768. The van der Waals surface area contributed by atoms with E-state index in [1.807, 2.05) is 0 Å². The number of hydrogen-bond acceptors (Lipinski definition) is 1. The van der Waals surface area contributed by atoms with Gasteiger partial charge in [0, 0.05) is 11.7 Å². The molecule has 0 amide bonds. The molecule has 2 unspecified atom stereocenters. The Bertz CT molecular complexity index is 358. The van der Waals surface area contributed by atoms with E-state index in [4.69, 9.17) is 0 Å². The van der Waals surface area contributed by atoms with E-state index in [1.54, 1.807) is 0 Å². The largest absolute Gasteiger partial charge is 0.382 e. The van der Waals surface area contributed by atoms with Crippen molar-refractivity contribution in [1.29, 1.82) is 0 Å². The van der Waals surface area contributed by atoms with Gasteiger partial charge in [0.2, 0.25) is 0 Å². The second-order valence-electron chi connectivity index (χ2n) is 5.69. The van der Waals surface area contributed by atoms with Gasteiger partial charge in [-0.15, -0.1) is 0 Å². The molecule has 1 heteroatoms. The number of anilines is 1. The number of aryl methyl sites for hydroxylation is 1. The molecule has 0 aliphatic heterocycles. The fourth-order valence-electron chi connectivity index (χ4n) is 3.16. The molecule has 1 aliphatic carbocycles. The van der Waals surface area contributed by atoms with Crippen molar-refractivity contribution in [2.45, 2.75) is 64.8 Å². The highest BCUT2D eigenvalue weighted by molar-refractivity contribution is 5.51. The lowest BCUT2D eigenvalue weighted by Gasteiger charge is -2.30. The molecule has 1 saturated carbocycles. The summed E-state index contributed by atoms with van der Waals surface area (Å²) >= 11 is 0. The maximum Gasteiger partial charge on any atom is 0.0374 e. The van der Waals surface area contributed by atoms with Gasteiger partial charge in [0.25, 0.3) is 0 Å². The highest BCUT2D eigenvalue weighted by atomic mass is 14.9. The lowest BCUT2D eigenvalue weighted by molar-refractivity contribution is 0.327. The van der Waals surface area contributed by atoms with Gasteiger partial charge in [-0.25, -0.2) is 0 Å². The van der Waals surface area contributed by atoms with Gasteiger partial charge >= 0.3 is 0 Å². The maximum atomic E-state index is 3.80. The molecule has 1 nitrogen and oxygen atoms in total. The van der Waals surface area contributed by atoms with Crippen molar-refractivity contribution in [3.8, 4) is 0 Å². The summed E-state index contributed by atoms with van der Waals surface area (Å²) in [6.45, 7) is 4.59. The van der Waals surface area contributed by atoms with Crippen molar-refractivity contribution in [2.75, 3.05) is 5.32 Å². The number of nitrogens with one attached hydrogen (secondary N) is 1. The molecule has 0 spiro atoms. The van der Waals surface area contributed by atoms with Crippen molar-refractivity contribution in [2.24, 2.45) is 5.92 Å². The van der Waals surface area contributed by atoms with Crippen LogP contribution in [-0.4, -0.2) is 6.04 Å². The zero-order chi connectivity index (χ0) is 12.8. The standard InChI is InChI=1S/C17H27N/c1-3-8-15-10-5-6-12-17(15)18-16-11-7-9-14(4-2)13-16/h5-6,10,12,14,16,18H,3-4,7-9,11,13H2,1-2H3. The van der Waals surface area contributed by atoms with Crippen LogP contribution >= 0.6 is 0 Å². The smallest absolute Gasteiger partial charge is 0.0374 e. The van der Waals surface area contributed by atoms with Crippen molar-refractivity contribution in [3.05, 3.63) is 29.8 Å². The van der Waals surface area contributed by atoms with E-state index in [1.165, 1.54) is 56.2 Å². The van der Waals surface area contributed by atoms with E-state index in [0.717, 1.165) is 5.92 Å². The van der Waals surface area contributed by atoms with Crippen LogP contribution in [0.4, 0.5) is 5.69 Å². The third kappa shape index (κ3) is 3.51. The second-order valence-corrected chi connectivity index (χ2v) is 5.69. The first-order valence-corrected chi connectivity index (χ1v) is 7.68. The molecule has 18 heavy (non-hydrogen) atoms. The maximum absolute atomic E-state index is 3.80. The summed E-state index contributed by atoms with van der Waals surface area (Å²) in [5.41, 5.74) is 2.86. The Morgan fingerprint density at radius 1 is 1.17 bits per heavy atom. The summed E-state index contributed by atoms with van der Waals surface area (Å²) in [6, 6.07) is 9.53. The first kappa shape index (κ1) is 13.5. The Kier molecular flexibility index (Phi) is 5.10. The number of para-hydroxylation sites is 1. The molecule has 0 heterocycles. The van der Waals surface area contributed by atoms with Crippen molar-refractivity contribution < 1.29 is 0 Å². The molecule has 1 N–H and O–H groups in total. The average Bonchev–Trinajstić information content (AvgIpc) is 2.41. The van der Waals surface area contributed by atoms with Crippen LogP contribution in [0.2, 0.25) is 0 Å². The van der Waals surface area contributed by atoms with Crippen LogP contribution in [0.25, 0.3) is 0 Å². The molecule has 100 valence electrons. The highest BCUT2D eigenvalue weighted by Gasteiger charge is 2.20. The predicted octanol–water partition coefficient (Wildman–Crippen LogP) is 5.02. The molecule has 1 fully saturated rings. The van der Waals surface area contributed by atoms with E-state index in [9.17, 15) is 0 Å². The van der Waals surface area contributed by atoms with Gasteiger partial charge in [0.15, 0.2) is 0 Å². The van der Waals surface area contributed by atoms with Crippen LogP contribution in [0.5, 0.6) is 0 Å². The van der Waals surface area contributed by atoms with E-state index in [2.05, 4.69) is 43.4 Å². The molecule has 0 radical (unpaired) electrons. The summed E-state index contributed by atoms with van der Waals surface area (Å²) in [7, 11) is 0. The number of benzene rings is 1. The zero-order valence-corrected chi connectivity index (χ0v) is 11.9. The Hall–Kier alpha value is -0.980. The SMILES string of the molecule is CCCc1ccccc1NC1CCCC(CC)C1. The van der Waals surface area contributed by atoms with Gasteiger partial charge in [-0.3, -0.25) is 0 Å².